The van der Waals surface area contributed by atoms with Gasteiger partial charge in [0.1, 0.15) is 5.75 Å². The van der Waals surface area contributed by atoms with Gasteiger partial charge in [-0.05, 0) is 23.6 Å². The lowest BCUT2D eigenvalue weighted by molar-refractivity contribution is -0.0504. The molecule has 0 radical (unpaired) electrons. The minimum absolute atomic E-state index is 0.0378. The van der Waals surface area contributed by atoms with Gasteiger partial charge in [-0.3, -0.25) is 0 Å². The highest BCUT2D eigenvalue weighted by molar-refractivity contribution is 7.87. The first-order valence-corrected chi connectivity index (χ1v) is 9.24. The molecule has 3 rings (SSSR count). The van der Waals surface area contributed by atoms with Crippen molar-refractivity contribution in [2.75, 3.05) is 6.54 Å². The average Bonchev–Trinajstić information content (AvgIpc) is 2.60. The fraction of sp³-hybridized carbons (Fsp3) is 0.294. The van der Waals surface area contributed by atoms with Gasteiger partial charge >= 0.3 is 6.61 Å². The molecule has 1 N–H and O–H groups in total. The van der Waals surface area contributed by atoms with Gasteiger partial charge in [0.25, 0.3) is 10.2 Å². The van der Waals surface area contributed by atoms with Crippen LogP contribution in [0.2, 0.25) is 0 Å². The lowest BCUT2D eigenvalue weighted by atomic mass is 10.0. The SMILES string of the molecule is O=S(=O)(NCc1ccccc1OC(F)F)N1CCc2ccccc2C1. The number of halogens is 2. The number of para-hydroxylation sites is 1. The predicted molar refractivity (Wildman–Crippen MR) is 89.4 cm³/mol. The zero-order chi connectivity index (χ0) is 17.9. The van der Waals surface area contributed by atoms with Gasteiger partial charge in [0, 0.05) is 25.2 Å². The fourth-order valence-corrected chi connectivity index (χ4v) is 3.96. The Bertz CT molecular complexity index is 843. The van der Waals surface area contributed by atoms with Crippen LogP contribution in [0.3, 0.4) is 0 Å². The van der Waals surface area contributed by atoms with Crippen molar-refractivity contribution in [3.63, 3.8) is 0 Å². The van der Waals surface area contributed by atoms with Crippen LogP contribution < -0.4 is 9.46 Å². The topological polar surface area (TPSA) is 58.6 Å². The molecule has 0 fully saturated rings. The highest BCUT2D eigenvalue weighted by Crippen LogP contribution is 2.22. The summed E-state index contributed by atoms with van der Waals surface area (Å²) < 4.78 is 58.2. The second-order valence-electron chi connectivity index (χ2n) is 5.66. The first kappa shape index (κ1) is 17.8. The van der Waals surface area contributed by atoms with Crippen molar-refractivity contribution in [2.24, 2.45) is 0 Å². The third kappa shape index (κ3) is 4.33. The minimum Gasteiger partial charge on any atom is -0.434 e. The van der Waals surface area contributed by atoms with E-state index in [0.717, 1.165) is 11.1 Å². The first-order valence-electron chi connectivity index (χ1n) is 7.80. The molecule has 8 heteroatoms. The van der Waals surface area contributed by atoms with Gasteiger partial charge in [-0.25, -0.2) is 0 Å². The molecule has 0 spiro atoms. The van der Waals surface area contributed by atoms with Crippen molar-refractivity contribution in [2.45, 2.75) is 26.1 Å². The Hall–Kier alpha value is -2.03. The number of nitrogens with zero attached hydrogens (tertiary/aromatic N) is 1. The Balaban J connectivity index is 1.69. The van der Waals surface area contributed by atoms with Crippen molar-refractivity contribution in [3.8, 4) is 5.75 Å². The number of alkyl halides is 2. The summed E-state index contributed by atoms with van der Waals surface area (Å²) in [6.07, 6.45) is 0.641. The van der Waals surface area contributed by atoms with Gasteiger partial charge < -0.3 is 4.74 Å². The molecule has 1 aliphatic heterocycles. The molecular formula is C17H18F2N2O3S. The maximum absolute atomic E-state index is 12.5. The van der Waals surface area contributed by atoms with E-state index in [4.69, 9.17) is 0 Å². The van der Waals surface area contributed by atoms with Crippen LogP contribution in [-0.2, 0) is 29.7 Å². The monoisotopic (exact) mass is 368 g/mol. The Morgan fingerprint density at radius 3 is 2.52 bits per heavy atom. The Morgan fingerprint density at radius 2 is 1.76 bits per heavy atom. The summed E-state index contributed by atoms with van der Waals surface area (Å²) >= 11 is 0. The summed E-state index contributed by atoms with van der Waals surface area (Å²) in [6, 6.07) is 13.8. The fourth-order valence-electron chi connectivity index (χ4n) is 2.80. The molecule has 0 amide bonds. The smallest absolute Gasteiger partial charge is 0.387 e. The van der Waals surface area contributed by atoms with Crippen LogP contribution in [0, 0.1) is 0 Å². The maximum Gasteiger partial charge on any atom is 0.387 e. The summed E-state index contributed by atoms with van der Waals surface area (Å²) in [5.74, 6) is -0.0378. The van der Waals surface area contributed by atoms with Crippen LogP contribution in [-0.4, -0.2) is 25.9 Å². The van der Waals surface area contributed by atoms with Crippen molar-refractivity contribution in [1.82, 2.24) is 9.03 Å². The van der Waals surface area contributed by atoms with E-state index in [1.807, 2.05) is 24.3 Å². The van der Waals surface area contributed by atoms with E-state index in [2.05, 4.69) is 9.46 Å². The van der Waals surface area contributed by atoms with Crippen molar-refractivity contribution < 1.29 is 21.9 Å². The largest absolute Gasteiger partial charge is 0.434 e. The molecule has 2 aromatic carbocycles. The normalized spacial score (nSPS) is 15.2. The summed E-state index contributed by atoms with van der Waals surface area (Å²) in [6.45, 7) is -2.41. The van der Waals surface area contributed by atoms with Crippen LogP contribution in [0.5, 0.6) is 5.75 Å². The van der Waals surface area contributed by atoms with Crippen LogP contribution in [0.4, 0.5) is 8.78 Å². The first-order chi connectivity index (χ1) is 12.0. The maximum atomic E-state index is 12.5. The summed E-state index contributed by atoms with van der Waals surface area (Å²) in [4.78, 5) is 0. The van der Waals surface area contributed by atoms with E-state index in [-0.39, 0.29) is 12.3 Å². The summed E-state index contributed by atoms with van der Waals surface area (Å²) in [5.41, 5.74) is 2.47. The van der Waals surface area contributed by atoms with E-state index < -0.39 is 16.8 Å². The molecule has 0 atom stereocenters. The van der Waals surface area contributed by atoms with Crippen LogP contribution in [0.25, 0.3) is 0 Å². The molecule has 2 aromatic rings. The molecular weight excluding hydrogens is 350 g/mol. The van der Waals surface area contributed by atoms with Crippen LogP contribution in [0.15, 0.2) is 48.5 Å². The zero-order valence-corrected chi connectivity index (χ0v) is 14.2. The molecule has 1 heterocycles. The number of nitrogens with one attached hydrogen (secondary N) is 1. The molecule has 0 aliphatic carbocycles. The van der Waals surface area contributed by atoms with Crippen molar-refractivity contribution >= 4 is 10.2 Å². The molecule has 25 heavy (non-hydrogen) atoms. The summed E-state index contributed by atoms with van der Waals surface area (Å²) in [7, 11) is -3.73. The van der Waals surface area contributed by atoms with Gasteiger partial charge in [0.2, 0.25) is 0 Å². The van der Waals surface area contributed by atoms with E-state index in [0.29, 0.717) is 25.1 Å². The minimum atomic E-state index is -3.73. The van der Waals surface area contributed by atoms with Gasteiger partial charge in [-0.15, -0.1) is 0 Å². The third-order valence-corrected chi connectivity index (χ3v) is 5.57. The molecule has 134 valence electrons. The molecule has 0 unspecified atom stereocenters. The molecule has 5 nitrogen and oxygen atoms in total. The van der Waals surface area contributed by atoms with E-state index >= 15 is 0 Å². The molecule has 0 saturated heterocycles. The van der Waals surface area contributed by atoms with Gasteiger partial charge in [0.15, 0.2) is 0 Å². The van der Waals surface area contributed by atoms with Crippen LogP contribution in [0.1, 0.15) is 16.7 Å². The van der Waals surface area contributed by atoms with E-state index in [1.165, 1.54) is 10.4 Å². The highest BCUT2D eigenvalue weighted by Gasteiger charge is 2.26. The lowest BCUT2D eigenvalue weighted by Gasteiger charge is -2.28. The van der Waals surface area contributed by atoms with Crippen molar-refractivity contribution in [1.29, 1.82) is 0 Å². The third-order valence-electron chi connectivity index (χ3n) is 4.07. The average molecular weight is 368 g/mol. The Kier molecular flexibility index (Phi) is 5.31. The Labute approximate surface area is 145 Å². The van der Waals surface area contributed by atoms with E-state index in [1.54, 1.807) is 18.2 Å². The number of hydrogen-bond acceptors (Lipinski definition) is 3. The van der Waals surface area contributed by atoms with E-state index in [9.17, 15) is 17.2 Å². The number of fused-ring (bicyclic) bond motifs is 1. The number of rotatable bonds is 6. The predicted octanol–water partition coefficient (Wildman–Crippen LogP) is 2.68. The highest BCUT2D eigenvalue weighted by atomic mass is 32.2. The summed E-state index contributed by atoms with van der Waals surface area (Å²) in [5, 5.41) is 0. The molecule has 1 aliphatic rings. The Morgan fingerprint density at radius 1 is 1.08 bits per heavy atom. The second-order valence-corrected chi connectivity index (χ2v) is 7.42. The quantitative estimate of drug-likeness (QED) is 0.853. The van der Waals surface area contributed by atoms with Gasteiger partial charge in [-0.2, -0.15) is 26.2 Å². The lowest BCUT2D eigenvalue weighted by Crippen LogP contribution is -2.43. The molecule has 0 saturated carbocycles. The molecule has 0 aromatic heterocycles. The van der Waals surface area contributed by atoms with Gasteiger partial charge in [0.05, 0.1) is 0 Å². The number of hydrogen-bond donors (Lipinski definition) is 1. The number of ether oxygens (including phenoxy) is 1. The van der Waals surface area contributed by atoms with Gasteiger partial charge in [-0.1, -0.05) is 42.5 Å². The molecule has 0 bridgehead atoms. The zero-order valence-electron chi connectivity index (χ0n) is 13.4. The number of benzene rings is 2. The second kappa shape index (κ2) is 7.47. The van der Waals surface area contributed by atoms with Crippen molar-refractivity contribution in [3.05, 3.63) is 65.2 Å². The standard InChI is InChI=1S/C17H18F2N2O3S/c18-17(19)24-16-8-4-3-6-14(16)11-20-25(22,23)21-10-9-13-5-1-2-7-15(13)12-21/h1-8,17,20H,9-12H2. The van der Waals surface area contributed by atoms with Crippen LogP contribution >= 0.6 is 0 Å².